The number of likely N-dealkylation sites (tertiary alicyclic amines) is 1. The highest BCUT2D eigenvalue weighted by molar-refractivity contribution is 5.92. The van der Waals surface area contributed by atoms with Crippen LogP contribution in [-0.2, 0) is 6.54 Å². The predicted molar refractivity (Wildman–Crippen MR) is 142 cm³/mol. The van der Waals surface area contributed by atoms with Gasteiger partial charge in [0.05, 0.1) is 37.6 Å². The van der Waals surface area contributed by atoms with Crippen molar-refractivity contribution in [2.24, 2.45) is 0 Å². The predicted octanol–water partition coefficient (Wildman–Crippen LogP) is 6.39. The van der Waals surface area contributed by atoms with Gasteiger partial charge >= 0.3 is 0 Å². The molecule has 0 unspecified atom stereocenters. The van der Waals surface area contributed by atoms with Crippen LogP contribution in [0.1, 0.15) is 61.0 Å². The summed E-state index contributed by atoms with van der Waals surface area (Å²) >= 11 is 0. The first kappa shape index (κ1) is 23.5. The van der Waals surface area contributed by atoms with E-state index in [0.717, 1.165) is 48.1 Å². The topological polar surface area (TPSA) is 66.2 Å². The van der Waals surface area contributed by atoms with E-state index < -0.39 is 0 Å². The number of methoxy groups -OCH3 is 2. The van der Waals surface area contributed by atoms with Crippen molar-refractivity contribution < 1.29 is 9.47 Å². The highest BCUT2D eigenvalue weighted by atomic mass is 16.5. The number of fused-ring (bicyclic) bond motifs is 1. The number of nitrogens with zero attached hydrogens (tertiary/aromatic N) is 2. The minimum absolute atomic E-state index is 0.390. The molecule has 2 aromatic heterocycles. The minimum atomic E-state index is 0.390. The van der Waals surface area contributed by atoms with Gasteiger partial charge in [-0.2, -0.15) is 0 Å². The zero-order valence-corrected chi connectivity index (χ0v) is 21.4. The summed E-state index contributed by atoms with van der Waals surface area (Å²) in [5.41, 5.74) is 8.63. The molecule has 4 aromatic rings. The Balaban J connectivity index is 1.41. The van der Waals surface area contributed by atoms with Crippen LogP contribution < -0.4 is 9.47 Å². The molecule has 6 nitrogen and oxygen atoms in total. The van der Waals surface area contributed by atoms with Gasteiger partial charge in [0.15, 0.2) is 11.5 Å². The summed E-state index contributed by atoms with van der Waals surface area (Å²) in [6, 6.07) is 13.2. The number of hydrogen-bond acceptors (Lipinski definition) is 4. The molecule has 0 bridgehead atoms. The molecule has 1 aliphatic heterocycles. The van der Waals surface area contributed by atoms with Crippen molar-refractivity contribution in [2.45, 2.75) is 52.0 Å². The molecular weight excluding hydrogens is 436 g/mol. The first-order chi connectivity index (χ1) is 17.0. The fourth-order valence-electron chi connectivity index (χ4n) is 5.50. The second-order valence-corrected chi connectivity index (χ2v) is 9.96. The summed E-state index contributed by atoms with van der Waals surface area (Å²) in [6.07, 6.45) is 4.16. The number of aromatic nitrogens is 3. The van der Waals surface area contributed by atoms with Crippen molar-refractivity contribution in [3.05, 3.63) is 65.2 Å². The number of ether oxygens (including phenoxy) is 2. The molecule has 35 heavy (non-hydrogen) atoms. The highest BCUT2D eigenvalue weighted by Crippen LogP contribution is 2.40. The average Bonchev–Trinajstić information content (AvgIpc) is 3.46. The lowest BCUT2D eigenvalue weighted by atomic mass is 9.87. The van der Waals surface area contributed by atoms with Crippen LogP contribution in [0.15, 0.2) is 42.7 Å². The fourth-order valence-corrected chi connectivity index (χ4v) is 5.50. The summed E-state index contributed by atoms with van der Waals surface area (Å²) in [4.78, 5) is 13.9. The molecule has 1 fully saturated rings. The number of aryl methyl sites for hydroxylation is 1. The number of imidazole rings is 1. The molecular formula is C29H36N4O2. The van der Waals surface area contributed by atoms with Gasteiger partial charge in [0.25, 0.3) is 0 Å². The maximum Gasteiger partial charge on any atom is 0.161 e. The summed E-state index contributed by atoms with van der Waals surface area (Å²) in [5, 5.41) is 1.33. The number of aromatic amines is 2. The maximum absolute atomic E-state index is 5.57. The number of benzene rings is 2. The molecule has 1 aliphatic rings. The molecule has 3 heterocycles. The van der Waals surface area contributed by atoms with Crippen LogP contribution in [0.2, 0.25) is 0 Å². The first-order valence-corrected chi connectivity index (χ1v) is 12.6. The molecule has 0 amide bonds. The van der Waals surface area contributed by atoms with Crippen molar-refractivity contribution >= 4 is 10.9 Å². The molecule has 5 rings (SSSR count). The van der Waals surface area contributed by atoms with Crippen molar-refractivity contribution in [3.8, 4) is 22.8 Å². The van der Waals surface area contributed by atoms with E-state index in [1.807, 2.05) is 6.07 Å². The van der Waals surface area contributed by atoms with Crippen LogP contribution in [0, 0.1) is 6.92 Å². The van der Waals surface area contributed by atoms with Crippen LogP contribution in [0.25, 0.3) is 22.2 Å². The van der Waals surface area contributed by atoms with Crippen LogP contribution in [-0.4, -0.2) is 47.2 Å². The van der Waals surface area contributed by atoms with E-state index in [1.54, 1.807) is 20.5 Å². The molecule has 0 saturated carbocycles. The van der Waals surface area contributed by atoms with Crippen molar-refractivity contribution in [1.82, 2.24) is 19.9 Å². The van der Waals surface area contributed by atoms with E-state index >= 15 is 0 Å². The second kappa shape index (κ2) is 9.78. The first-order valence-electron chi connectivity index (χ1n) is 12.6. The quantitative estimate of drug-likeness (QED) is 0.327. The van der Waals surface area contributed by atoms with Crippen molar-refractivity contribution in [1.29, 1.82) is 0 Å². The monoisotopic (exact) mass is 472 g/mol. The lowest BCUT2D eigenvalue weighted by molar-refractivity contribution is 0.202. The van der Waals surface area contributed by atoms with Crippen LogP contribution in [0.5, 0.6) is 11.5 Å². The van der Waals surface area contributed by atoms with Gasteiger partial charge < -0.3 is 19.4 Å². The average molecular weight is 473 g/mol. The van der Waals surface area contributed by atoms with E-state index in [4.69, 9.17) is 9.47 Å². The SMILES string of the molecule is COc1ccc(-c2[nH]c3ccc(C4CCN(Cc5[nH]cnc5C)CC4)cc3c2C(C)C)cc1OC. The van der Waals surface area contributed by atoms with Crippen LogP contribution in [0.4, 0.5) is 0 Å². The van der Waals surface area contributed by atoms with Gasteiger partial charge in [-0.1, -0.05) is 19.9 Å². The fraction of sp³-hybridized carbons (Fsp3) is 0.414. The van der Waals surface area contributed by atoms with Gasteiger partial charge in [0.1, 0.15) is 0 Å². The van der Waals surface area contributed by atoms with E-state index in [9.17, 15) is 0 Å². The molecule has 0 atom stereocenters. The highest BCUT2D eigenvalue weighted by Gasteiger charge is 2.23. The molecule has 6 heteroatoms. The third-order valence-electron chi connectivity index (χ3n) is 7.49. The van der Waals surface area contributed by atoms with E-state index in [0.29, 0.717) is 11.8 Å². The van der Waals surface area contributed by atoms with E-state index in [-0.39, 0.29) is 0 Å². The van der Waals surface area contributed by atoms with Crippen molar-refractivity contribution in [2.75, 3.05) is 27.3 Å². The number of piperidine rings is 1. The Labute approximate surface area is 207 Å². The summed E-state index contributed by atoms with van der Waals surface area (Å²) in [6.45, 7) is 9.81. The summed E-state index contributed by atoms with van der Waals surface area (Å²) in [7, 11) is 3.36. The summed E-state index contributed by atoms with van der Waals surface area (Å²) < 4.78 is 11.0. The lowest BCUT2D eigenvalue weighted by Crippen LogP contribution is -2.32. The number of rotatable bonds is 7. The van der Waals surface area contributed by atoms with Gasteiger partial charge in [0, 0.05) is 23.0 Å². The molecule has 184 valence electrons. The Morgan fingerprint density at radius 2 is 1.80 bits per heavy atom. The third-order valence-corrected chi connectivity index (χ3v) is 7.49. The second-order valence-electron chi connectivity index (χ2n) is 9.96. The largest absolute Gasteiger partial charge is 0.493 e. The Bertz CT molecular complexity index is 1310. The zero-order valence-electron chi connectivity index (χ0n) is 21.4. The molecule has 1 saturated heterocycles. The van der Waals surface area contributed by atoms with Gasteiger partial charge in [-0.3, -0.25) is 4.90 Å². The smallest absolute Gasteiger partial charge is 0.161 e. The van der Waals surface area contributed by atoms with Crippen LogP contribution in [0.3, 0.4) is 0 Å². The normalized spacial score (nSPS) is 15.3. The van der Waals surface area contributed by atoms with Gasteiger partial charge in [0.2, 0.25) is 0 Å². The Morgan fingerprint density at radius 3 is 2.46 bits per heavy atom. The minimum Gasteiger partial charge on any atom is -0.493 e. The zero-order chi connectivity index (χ0) is 24.5. The Hall–Kier alpha value is -3.25. The van der Waals surface area contributed by atoms with Gasteiger partial charge in [-0.05, 0) is 86.1 Å². The molecule has 0 radical (unpaired) electrons. The van der Waals surface area contributed by atoms with E-state index in [1.165, 1.54) is 40.6 Å². The Kier molecular flexibility index (Phi) is 6.56. The van der Waals surface area contributed by atoms with E-state index in [2.05, 4.69) is 71.0 Å². The summed E-state index contributed by atoms with van der Waals surface area (Å²) in [5.74, 6) is 2.48. The lowest BCUT2D eigenvalue weighted by Gasteiger charge is -2.32. The number of H-pyrrole nitrogens is 2. The Morgan fingerprint density at radius 1 is 1.03 bits per heavy atom. The molecule has 2 aromatic carbocycles. The third kappa shape index (κ3) is 4.55. The maximum atomic E-state index is 5.57. The number of nitrogens with one attached hydrogen (secondary N) is 2. The van der Waals surface area contributed by atoms with Gasteiger partial charge in [-0.15, -0.1) is 0 Å². The number of hydrogen-bond donors (Lipinski definition) is 2. The van der Waals surface area contributed by atoms with Crippen molar-refractivity contribution in [3.63, 3.8) is 0 Å². The molecule has 2 N–H and O–H groups in total. The molecule has 0 aliphatic carbocycles. The van der Waals surface area contributed by atoms with Gasteiger partial charge in [-0.25, -0.2) is 4.98 Å². The standard InChI is InChI=1S/C29H36N4O2/c1-18(2)28-23-14-21(20-10-12-33(13-11-20)16-25-19(3)30-17-31-25)6-8-24(23)32-29(28)22-7-9-26(34-4)27(15-22)35-5/h6-9,14-15,17-18,20,32H,10-13,16H2,1-5H3,(H,30,31). The van der Waals surface area contributed by atoms with Crippen LogP contribution >= 0.6 is 0 Å². The molecule has 0 spiro atoms.